The van der Waals surface area contributed by atoms with E-state index in [1.54, 1.807) is 29.9 Å². The van der Waals surface area contributed by atoms with Crippen LogP contribution < -0.4 is 5.32 Å². The first-order valence-electron chi connectivity index (χ1n) is 5.27. The molecule has 0 aliphatic carbocycles. The highest BCUT2D eigenvalue weighted by Crippen LogP contribution is 2.16. The van der Waals surface area contributed by atoms with Crippen LogP contribution in [0.5, 0.6) is 0 Å². The third kappa shape index (κ3) is 2.84. The van der Waals surface area contributed by atoms with Gasteiger partial charge >= 0.3 is 0 Å². The van der Waals surface area contributed by atoms with Gasteiger partial charge in [-0.05, 0) is 6.54 Å². The summed E-state index contributed by atoms with van der Waals surface area (Å²) in [7, 11) is 0. The molecular formula is C11H14N4S. The van der Waals surface area contributed by atoms with Gasteiger partial charge in [0.15, 0.2) is 0 Å². The van der Waals surface area contributed by atoms with Gasteiger partial charge in [0.1, 0.15) is 0 Å². The van der Waals surface area contributed by atoms with Crippen LogP contribution in [0.3, 0.4) is 0 Å². The highest BCUT2D eigenvalue weighted by molar-refractivity contribution is 7.09. The van der Waals surface area contributed by atoms with Gasteiger partial charge in [-0.2, -0.15) is 0 Å². The lowest BCUT2D eigenvalue weighted by Gasteiger charge is -2.15. The molecule has 1 N–H and O–H groups in total. The summed E-state index contributed by atoms with van der Waals surface area (Å²) in [5.41, 5.74) is 0.972. The molecule has 0 aliphatic heterocycles. The third-order valence-corrected chi connectivity index (χ3v) is 3.05. The summed E-state index contributed by atoms with van der Waals surface area (Å²) in [6, 6.07) is 0.199. The molecule has 16 heavy (non-hydrogen) atoms. The number of aromatic nitrogens is 3. The SMILES string of the molecule is CCNC(Cc1nccs1)c1cnccn1. The maximum absolute atomic E-state index is 4.33. The molecule has 84 valence electrons. The van der Waals surface area contributed by atoms with E-state index in [-0.39, 0.29) is 6.04 Å². The second-order valence-electron chi connectivity index (χ2n) is 3.37. The molecule has 0 radical (unpaired) electrons. The Balaban J connectivity index is 2.11. The first kappa shape index (κ1) is 11.2. The second kappa shape index (κ2) is 5.67. The topological polar surface area (TPSA) is 50.7 Å². The van der Waals surface area contributed by atoms with Gasteiger partial charge < -0.3 is 5.32 Å². The summed E-state index contributed by atoms with van der Waals surface area (Å²) >= 11 is 1.67. The molecule has 0 saturated carbocycles. The average Bonchev–Trinajstić information content (AvgIpc) is 2.83. The van der Waals surface area contributed by atoms with Crippen LogP contribution in [0.4, 0.5) is 0 Å². The van der Waals surface area contributed by atoms with Crippen LogP contribution in [0.15, 0.2) is 30.2 Å². The number of nitrogens with zero attached hydrogens (tertiary/aromatic N) is 3. The highest BCUT2D eigenvalue weighted by atomic mass is 32.1. The summed E-state index contributed by atoms with van der Waals surface area (Å²) in [5.74, 6) is 0. The van der Waals surface area contributed by atoms with E-state index in [9.17, 15) is 0 Å². The molecule has 2 heterocycles. The van der Waals surface area contributed by atoms with Gasteiger partial charge in [-0.15, -0.1) is 11.3 Å². The second-order valence-corrected chi connectivity index (χ2v) is 4.35. The van der Waals surface area contributed by atoms with Crippen LogP contribution >= 0.6 is 11.3 Å². The van der Waals surface area contributed by atoms with Gasteiger partial charge in [0, 0.05) is 36.6 Å². The highest BCUT2D eigenvalue weighted by Gasteiger charge is 2.13. The van der Waals surface area contributed by atoms with E-state index < -0.39 is 0 Å². The zero-order valence-electron chi connectivity index (χ0n) is 9.13. The fourth-order valence-electron chi connectivity index (χ4n) is 1.55. The number of hydrogen-bond donors (Lipinski definition) is 1. The average molecular weight is 234 g/mol. The number of nitrogens with one attached hydrogen (secondary N) is 1. The van der Waals surface area contributed by atoms with E-state index in [1.165, 1.54) is 0 Å². The van der Waals surface area contributed by atoms with Gasteiger partial charge in [0.2, 0.25) is 0 Å². The molecule has 0 aliphatic rings. The summed E-state index contributed by atoms with van der Waals surface area (Å²) in [5, 5.41) is 6.52. The Morgan fingerprint density at radius 3 is 2.88 bits per heavy atom. The van der Waals surface area contributed by atoms with E-state index in [2.05, 4.69) is 27.2 Å². The van der Waals surface area contributed by atoms with Crippen molar-refractivity contribution in [3.63, 3.8) is 0 Å². The Labute approximate surface area is 98.8 Å². The summed E-state index contributed by atoms with van der Waals surface area (Å²) < 4.78 is 0. The normalized spacial score (nSPS) is 12.6. The molecular weight excluding hydrogens is 220 g/mol. The van der Waals surface area contributed by atoms with Crippen LogP contribution in [0.25, 0.3) is 0 Å². The van der Waals surface area contributed by atoms with Crippen LogP contribution in [0.1, 0.15) is 23.7 Å². The molecule has 0 spiro atoms. The van der Waals surface area contributed by atoms with E-state index in [0.29, 0.717) is 0 Å². The molecule has 0 aromatic carbocycles. The quantitative estimate of drug-likeness (QED) is 0.857. The van der Waals surface area contributed by atoms with Crippen molar-refractivity contribution in [1.29, 1.82) is 0 Å². The lowest BCUT2D eigenvalue weighted by molar-refractivity contribution is 0.533. The molecule has 0 fully saturated rings. The van der Waals surface area contributed by atoms with Gasteiger partial charge in [-0.25, -0.2) is 4.98 Å². The van der Waals surface area contributed by atoms with Crippen LogP contribution in [-0.4, -0.2) is 21.5 Å². The smallest absolute Gasteiger partial charge is 0.0944 e. The molecule has 0 saturated heterocycles. The molecule has 1 atom stereocenters. The standard InChI is InChI=1S/C11H14N4S/c1-2-13-9(7-11-15-5-6-16-11)10-8-12-3-4-14-10/h3-6,8-9,13H,2,7H2,1H3. The van der Waals surface area contributed by atoms with Crippen molar-refractivity contribution >= 4 is 11.3 Å². The zero-order valence-corrected chi connectivity index (χ0v) is 9.94. The third-order valence-electron chi connectivity index (χ3n) is 2.25. The fourth-order valence-corrected chi connectivity index (χ4v) is 2.21. The van der Waals surface area contributed by atoms with Crippen molar-refractivity contribution in [2.75, 3.05) is 6.54 Å². The maximum Gasteiger partial charge on any atom is 0.0944 e. The minimum atomic E-state index is 0.199. The Hall–Kier alpha value is -1.33. The minimum Gasteiger partial charge on any atom is -0.309 e. The van der Waals surface area contributed by atoms with E-state index in [1.807, 2.05) is 11.6 Å². The monoisotopic (exact) mass is 234 g/mol. The molecule has 2 rings (SSSR count). The molecule has 2 aromatic rings. The van der Waals surface area contributed by atoms with Gasteiger partial charge in [-0.3, -0.25) is 9.97 Å². The van der Waals surface area contributed by atoms with Gasteiger partial charge in [0.25, 0.3) is 0 Å². The van der Waals surface area contributed by atoms with Crippen molar-refractivity contribution in [1.82, 2.24) is 20.3 Å². The minimum absolute atomic E-state index is 0.199. The number of thiazole rings is 1. The van der Waals surface area contributed by atoms with E-state index in [0.717, 1.165) is 23.7 Å². The largest absolute Gasteiger partial charge is 0.309 e. The zero-order chi connectivity index (χ0) is 11.2. The van der Waals surface area contributed by atoms with Crippen LogP contribution in [0.2, 0.25) is 0 Å². The Morgan fingerprint density at radius 2 is 2.25 bits per heavy atom. The lowest BCUT2D eigenvalue weighted by Crippen LogP contribution is -2.23. The van der Waals surface area contributed by atoms with Crippen LogP contribution in [-0.2, 0) is 6.42 Å². The van der Waals surface area contributed by atoms with E-state index in [4.69, 9.17) is 0 Å². The maximum atomic E-state index is 4.33. The first-order chi connectivity index (χ1) is 7.90. The van der Waals surface area contributed by atoms with Crippen molar-refractivity contribution in [2.24, 2.45) is 0 Å². The molecule has 0 amide bonds. The number of hydrogen-bond acceptors (Lipinski definition) is 5. The van der Waals surface area contributed by atoms with Crippen molar-refractivity contribution in [2.45, 2.75) is 19.4 Å². The molecule has 5 heteroatoms. The van der Waals surface area contributed by atoms with Crippen molar-refractivity contribution in [3.05, 3.63) is 40.9 Å². The molecule has 0 bridgehead atoms. The van der Waals surface area contributed by atoms with Crippen LogP contribution in [0, 0.1) is 0 Å². The lowest BCUT2D eigenvalue weighted by atomic mass is 10.1. The van der Waals surface area contributed by atoms with Crippen molar-refractivity contribution in [3.8, 4) is 0 Å². The van der Waals surface area contributed by atoms with Gasteiger partial charge in [-0.1, -0.05) is 6.92 Å². The number of rotatable bonds is 5. The predicted molar refractivity (Wildman–Crippen MR) is 64.3 cm³/mol. The van der Waals surface area contributed by atoms with Gasteiger partial charge in [0.05, 0.1) is 16.7 Å². The molecule has 1 unspecified atom stereocenters. The Morgan fingerprint density at radius 1 is 1.31 bits per heavy atom. The first-order valence-corrected chi connectivity index (χ1v) is 6.15. The number of likely N-dealkylation sites (N-methyl/N-ethyl adjacent to an activating group) is 1. The fraction of sp³-hybridized carbons (Fsp3) is 0.364. The molecule has 4 nitrogen and oxygen atoms in total. The Bertz CT molecular complexity index is 401. The van der Waals surface area contributed by atoms with E-state index >= 15 is 0 Å². The summed E-state index contributed by atoms with van der Waals surface area (Å²) in [6.45, 7) is 3.00. The Kier molecular flexibility index (Phi) is 3.96. The summed E-state index contributed by atoms with van der Waals surface area (Å²) in [6.07, 6.45) is 7.92. The molecule has 2 aromatic heterocycles. The summed E-state index contributed by atoms with van der Waals surface area (Å²) in [4.78, 5) is 12.7. The predicted octanol–water partition coefficient (Wildman–Crippen LogP) is 1.83. The van der Waals surface area contributed by atoms with Crippen molar-refractivity contribution < 1.29 is 0 Å².